The third-order valence-electron chi connectivity index (χ3n) is 0. The van der Waals surface area contributed by atoms with Gasteiger partial charge >= 0.3 is 71.7 Å². The molecule has 0 N–H and O–H groups in total. The minimum absolute atomic E-state index is 0. The largest absolute Gasteiger partial charge is 2.00 e. The summed E-state index contributed by atoms with van der Waals surface area (Å²) in [7, 11) is 0. The monoisotopic (exact) mass is 353 g/mol. The van der Waals surface area contributed by atoms with Gasteiger partial charge in [-0.3, -0.25) is 0 Å². The van der Waals surface area contributed by atoms with Crippen molar-refractivity contribution in [2.24, 2.45) is 0 Å². The van der Waals surface area contributed by atoms with Gasteiger partial charge in [-0.05, 0) is 0 Å². The number of rotatable bonds is 0. The topological polar surface area (TPSA) is 0 Å². The fourth-order valence-electron chi connectivity index (χ4n) is 0. The van der Waals surface area contributed by atoms with E-state index < -0.39 is 0 Å². The third-order valence-corrected chi connectivity index (χ3v) is 0. The van der Waals surface area contributed by atoms with Gasteiger partial charge in [-0.1, -0.05) is 0 Å². The van der Waals surface area contributed by atoms with E-state index in [9.17, 15) is 0 Å². The van der Waals surface area contributed by atoms with Crippen molar-refractivity contribution in [3.63, 3.8) is 0 Å². The summed E-state index contributed by atoms with van der Waals surface area (Å²) in [5.41, 5.74) is 0. The van der Waals surface area contributed by atoms with Gasteiger partial charge < -0.3 is 0 Å². The molecular formula is CoCrNiW+8. The van der Waals surface area contributed by atoms with E-state index >= 15 is 0 Å². The maximum absolute atomic E-state index is 0. The second-order valence-electron chi connectivity index (χ2n) is 0. The Morgan fingerprint density at radius 1 is 1.00 bits per heavy atom. The maximum Gasteiger partial charge on any atom is 2.00 e. The first-order chi connectivity index (χ1) is 0. The van der Waals surface area contributed by atoms with Gasteiger partial charge in [0.1, 0.15) is 0 Å². The molecule has 0 rings (SSSR count). The minimum atomic E-state index is 0. The van der Waals surface area contributed by atoms with Crippen molar-refractivity contribution < 1.29 is 71.7 Å². The zero-order chi connectivity index (χ0) is 0. The molecule has 0 aromatic carbocycles. The molecule has 0 saturated carbocycles. The Labute approximate surface area is 71.0 Å². The van der Waals surface area contributed by atoms with Crippen molar-refractivity contribution in [2.75, 3.05) is 0 Å². The Balaban J connectivity index is 0. The molecule has 0 fully saturated rings. The number of hydrogen-bond donors (Lipinski definition) is 0. The molecule has 0 amide bonds. The van der Waals surface area contributed by atoms with Gasteiger partial charge in [0.2, 0.25) is 0 Å². The molecule has 1 radical (unpaired) electrons. The SMILES string of the molecule is [Co+2].[Cr+2].[Ni+2].[W+2]. The molecule has 0 nitrogen and oxygen atoms in total. The quantitative estimate of drug-likeness (QED) is 0.538. The second-order valence-corrected chi connectivity index (χ2v) is 0. The molecule has 0 aliphatic heterocycles. The van der Waals surface area contributed by atoms with E-state index in [4.69, 9.17) is 0 Å². The molecule has 0 spiro atoms. The molecule has 0 atom stereocenters. The van der Waals surface area contributed by atoms with Gasteiger partial charge in [0, 0.05) is 0 Å². The Hall–Kier alpha value is 2.22. The molecule has 0 aliphatic carbocycles. The number of hydrogen-bond acceptors (Lipinski definition) is 0. The minimum Gasteiger partial charge on any atom is 2.00 e. The predicted octanol–water partition coefficient (Wildman–Crippen LogP) is -0.0100. The fourth-order valence-corrected chi connectivity index (χ4v) is 0. The Morgan fingerprint density at radius 3 is 1.00 bits per heavy atom. The summed E-state index contributed by atoms with van der Waals surface area (Å²) in [4.78, 5) is 0. The van der Waals surface area contributed by atoms with E-state index in [1.165, 1.54) is 0 Å². The van der Waals surface area contributed by atoms with Crippen LogP contribution in [0.5, 0.6) is 0 Å². The standard InChI is InChI=1S/Co.Cr.Ni.W/q4*+2. The molecular weight excluding hydrogens is 353 g/mol. The predicted molar refractivity (Wildman–Crippen MR) is 0 cm³/mol. The van der Waals surface area contributed by atoms with Crippen molar-refractivity contribution >= 4 is 0 Å². The van der Waals surface area contributed by atoms with E-state index in [0.29, 0.717) is 0 Å². The molecule has 0 heterocycles. The van der Waals surface area contributed by atoms with Crippen molar-refractivity contribution in [3.8, 4) is 0 Å². The molecule has 0 aromatic rings. The van der Waals surface area contributed by atoms with Gasteiger partial charge in [-0.15, -0.1) is 0 Å². The van der Waals surface area contributed by atoms with Crippen molar-refractivity contribution in [3.05, 3.63) is 0 Å². The average Bonchev–Trinajstić information content (AvgIpc) is 0. The van der Waals surface area contributed by atoms with Crippen LogP contribution in [0.3, 0.4) is 0 Å². The van der Waals surface area contributed by atoms with Crippen LogP contribution in [0.15, 0.2) is 0 Å². The molecule has 0 aliphatic rings. The van der Waals surface area contributed by atoms with Crippen LogP contribution >= 0.6 is 0 Å². The van der Waals surface area contributed by atoms with E-state index in [0.717, 1.165) is 0 Å². The molecule has 4 heteroatoms. The van der Waals surface area contributed by atoms with Crippen LogP contribution in [0.1, 0.15) is 0 Å². The van der Waals surface area contributed by atoms with Crippen LogP contribution in [0.4, 0.5) is 0 Å². The molecule has 23 valence electrons. The average molecular weight is 353 g/mol. The summed E-state index contributed by atoms with van der Waals surface area (Å²) in [6.07, 6.45) is 0. The van der Waals surface area contributed by atoms with Crippen LogP contribution in [-0.2, 0) is 71.7 Å². The zero-order valence-electron chi connectivity index (χ0n) is 1.47. The van der Waals surface area contributed by atoms with Crippen molar-refractivity contribution in [1.82, 2.24) is 0 Å². The maximum atomic E-state index is 0. The summed E-state index contributed by atoms with van der Waals surface area (Å²) < 4.78 is 0. The van der Waals surface area contributed by atoms with E-state index in [2.05, 4.69) is 0 Å². The summed E-state index contributed by atoms with van der Waals surface area (Å²) >= 11 is 0. The molecule has 0 unspecified atom stereocenters. The smallest absolute Gasteiger partial charge is 2.00 e. The Kier molecular flexibility index (Phi) is 162. The summed E-state index contributed by atoms with van der Waals surface area (Å²) in [5.74, 6) is 0. The van der Waals surface area contributed by atoms with Gasteiger partial charge in [0.25, 0.3) is 0 Å². The first-order valence-corrected chi connectivity index (χ1v) is 0. The first kappa shape index (κ1) is 34.4. The van der Waals surface area contributed by atoms with Crippen LogP contribution in [0, 0.1) is 0 Å². The molecule has 0 bridgehead atoms. The van der Waals surface area contributed by atoms with E-state index in [1.54, 1.807) is 0 Å². The van der Waals surface area contributed by atoms with Gasteiger partial charge in [-0.25, -0.2) is 0 Å². The summed E-state index contributed by atoms with van der Waals surface area (Å²) in [5, 5.41) is 0. The van der Waals surface area contributed by atoms with Gasteiger partial charge in [0.15, 0.2) is 0 Å². The van der Waals surface area contributed by atoms with Gasteiger partial charge in [-0.2, -0.15) is 0 Å². The fraction of sp³-hybridized carbons (Fsp3) is 0. The normalized spacial score (nSPS) is 0. The van der Waals surface area contributed by atoms with Crippen molar-refractivity contribution in [2.45, 2.75) is 0 Å². The summed E-state index contributed by atoms with van der Waals surface area (Å²) in [6, 6.07) is 0. The van der Waals surface area contributed by atoms with Crippen molar-refractivity contribution in [1.29, 1.82) is 0 Å². The van der Waals surface area contributed by atoms with E-state index in [-0.39, 0.29) is 71.7 Å². The molecule has 0 aromatic heterocycles. The second kappa shape index (κ2) is 18.9. The first-order valence-electron chi connectivity index (χ1n) is 0. The van der Waals surface area contributed by atoms with Crippen LogP contribution in [-0.4, -0.2) is 0 Å². The Bertz CT molecular complexity index is 8.00. The van der Waals surface area contributed by atoms with E-state index in [1.807, 2.05) is 0 Å². The molecule has 4 heavy (non-hydrogen) atoms. The van der Waals surface area contributed by atoms with Crippen LogP contribution < -0.4 is 0 Å². The van der Waals surface area contributed by atoms with Gasteiger partial charge in [0.05, 0.1) is 0 Å². The third kappa shape index (κ3) is 8.88. The zero-order valence-corrected chi connectivity index (χ0v) is 7.70. The summed E-state index contributed by atoms with van der Waals surface area (Å²) in [6.45, 7) is 0. The van der Waals surface area contributed by atoms with Crippen LogP contribution in [0.25, 0.3) is 0 Å². The molecule has 0 saturated heterocycles. The van der Waals surface area contributed by atoms with Crippen LogP contribution in [0.2, 0.25) is 0 Å². The Morgan fingerprint density at radius 2 is 1.00 bits per heavy atom.